The first-order valence-electron chi connectivity index (χ1n) is 5.30. The van der Waals surface area contributed by atoms with Crippen molar-refractivity contribution in [3.8, 4) is 5.75 Å². The normalized spacial score (nSPS) is 10.2. The lowest BCUT2D eigenvalue weighted by Gasteiger charge is -2.06. The van der Waals surface area contributed by atoms with E-state index in [9.17, 15) is 0 Å². The molecule has 1 heterocycles. The van der Waals surface area contributed by atoms with E-state index in [0.29, 0.717) is 18.2 Å². The Kier molecular flexibility index (Phi) is 3.96. The zero-order valence-corrected chi connectivity index (χ0v) is 10.0. The smallest absolute Gasteiger partial charge is 0.130 e. The number of halogens is 1. The standard InChI is InChI=1S/C13H13ClN2O/c14-11-5-6-16-12(7-11)9-17-13-3-1-10(8-15)2-4-13/h1-7H,8-9,15H2. The van der Waals surface area contributed by atoms with E-state index in [2.05, 4.69) is 4.98 Å². The number of aromatic nitrogens is 1. The number of nitrogens with two attached hydrogens (primary N) is 1. The highest BCUT2D eigenvalue weighted by Gasteiger charge is 1.98. The second-order valence-corrected chi connectivity index (χ2v) is 4.04. The SMILES string of the molecule is NCc1ccc(OCc2cc(Cl)ccn2)cc1. The Balaban J connectivity index is 1.97. The van der Waals surface area contributed by atoms with Gasteiger partial charge in [0, 0.05) is 17.8 Å². The van der Waals surface area contributed by atoms with Crippen LogP contribution in [0.15, 0.2) is 42.6 Å². The summed E-state index contributed by atoms with van der Waals surface area (Å²) in [5.41, 5.74) is 7.40. The minimum Gasteiger partial charge on any atom is -0.487 e. The van der Waals surface area contributed by atoms with E-state index in [4.69, 9.17) is 22.1 Å². The maximum atomic E-state index is 5.86. The molecule has 2 aromatic rings. The van der Waals surface area contributed by atoms with Gasteiger partial charge in [-0.25, -0.2) is 0 Å². The number of hydrogen-bond donors (Lipinski definition) is 1. The number of hydrogen-bond acceptors (Lipinski definition) is 3. The molecular formula is C13H13ClN2O. The van der Waals surface area contributed by atoms with Crippen LogP contribution in [-0.4, -0.2) is 4.98 Å². The Hall–Kier alpha value is -1.58. The Morgan fingerprint density at radius 1 is 1.18 bits per heavy atom. The van der Waals surface area contributed by atoms with Crippen LogP contribution < -0.4 is 10.5 Å². The molecule has 3 nitrogen and oxygen atoms in total. The Morgan fingerprint density at radius 2 is 1.94 bits per heavy atom. The molecule has 2 N–H and O–H groups in total. The molecule has 1 aromatic carbocycles. The lowest BCUT2D eigenvalue weighted by Crippen LogP contribution is -1.99. The van der Waals surface area contributed by atoms with Crippen molar-refractivity contribution in [3.05, 3.63) is 58.9 Å². The van der Waals surface area contributed by atoms with Gasteiger partial charge in [0.1, 0.15) is 12.4 Å². The van der Waals surface area contributed by atoms with E-state index < -0.39 is 0 Å². The molecule has 1 aromatic heterocycles. The summed E-state index contributed by atoms with van der Waals surface area (Å²) in [5, 5.41) is 0.664. The molecule has 0 atom stereocenters. The first kappa shape index (κ1) is 11.9. The van der Waals surface area contributed by atoms with Crippen LogP contribution in [0.25, 0.3) is 0 Å². The van der Waals surface area contributed by atoms with Crippen molar-refractivity contribution in [1.29, 1.82) is 0 Å². The molecule has 0 amide bonds. The maximum absolute atomic E-state index is 5.86. The highest BCUT2D eigenvalue weighted by molar-refractivity contribution is 6.30. The van der Waals surface area contributed by atoms with Gasteiger partial charge in [0.05, 0.1) is 5.69 Å². The number of rotatable bonds is 4. The summed E-state index contributed by atoms with van der Waals surface area (Å²) in [6.45, 7) is 0.943. The molecule has 0 aliphatic heterocycles. The maximum Gasteiger partial charge on any atom is 0.130 e. The van der Waals surface area contributed by atoms with Crippen molar-refractivity contribution >= 4 is 11.6 Å². The van der Waals surface area contributed by atoms with E-state index in [0.717, 1.165) is 17.0 Å². The zero-order valence-electron chi connectivity index (χ0n) is 9.27. The predicted octanol–water partition coefficient (Wildman–Crippen LogP) is 2.77. The fraction of sp³-hybridized carbons (Fsp3) is 0.154. The van der Waals surface area contributed by atoms with E-state index in [1.807, 2.05) is 24.3 Å². The predicted molar refractivity (Wildman–Crippen MR) is 67.9 cm³/mol. The van der Waals surface area contributed by atoms with Crippen molar-refractivity contribution in [1.82, 2.24) is 4.98 Å². The summed E-state index contributed by atoms with van der Waals surface area (Å²) in [5.74, 6) is 0.795. The van der Waals surface area contributed by atoms with Gasteiger partial charge >= 0.3 is 0 Å². The first-order valence-corrected chi connectivity index (χ1v) is 5.68. The summed E-state index contributed by atoms with van der Waals surface area (Å²) in [7, 11) is 0. The lowest BCUT2D eigenvalue weighted by atomic mass is 10.2. The van der Waals surface area contributed by atoms with E-state index in [-0.39, 0.29) is 0 Å². The van der Waals surface area contributed by atoms with Crippen LogP contribution in [0.4, 0.5) is 0 Å². The van der Waals surface area contributed by atoms with Gasteiger partial charge in [0.2, 0.25) is 0 Å². The summed E-state index contributed by atoms with van der Waals surface area (Å²) >= 11 is 5.86. The molecule has 0 saturated heterocycles. The van der Waals surface area contributed by atoms with Gasteiger partial charge in [-0.3, -0.25) is 4.98 Å². The molecule has 2 rings (SSSR count). The van der Waals surface area contributed by atoms with Crippen LogP contribution in [0.1, 0.15) is 11.3 Å². The van der Waals surface area contributed by atoms with Crippen LogP contribution in [0, 0.1) is 0 Å². The minimum atomic E-state index is 0.405. The summed E-state index contributed by atoms with van der Waals surface area (Å²) in [6, 6.07) is 11.2. The van der Waals surface area contributed by atoms with Gasteiger partial charge < -0.3 is 10.5 Å². The molecular weight excluding hydrogens is 236 g/mol. The number of benzene rings is 1. The first-order chi connectivity index (χ1) is 8.28. The molecule has 88 valence electrons. The van der Waals surface area contributed by atoms with E-state index in [1.54, 1.807) is 18.3 Å². The van der Waals surface area contributed by atoms with Crippen LogP contribution in [0.2, 0.25) is 5.02 Å². The van der Waals surface area contributed by atoms with Crippen molar-refractivity contribution in [3.63, 3.8) is 0 Å². The molecule has 0 unspecified atom stereocenters. The second-order valence-electron chi connectivity index (χ2n) is 3.60. The van der Waals surface area contributed by atoms with E-state index >= 15 is 0 Å². The molecule has 0 aliphatic carbocycles. The lowest BCUT2D eigenvalue weighted by molar-refractivity contribution is 0.301. The van der Waals surface area contributed by atoms with Crippen molar-refractivity contribution in [2.45, 2.75) is 13.2 Å². The van der Waals surface area contributed by atoms with Crippen LogP contribution in [0.5, 0.6) is 5.75 Å². The van der Waals surface area contributed by atoms with Gasteiger partial charge in [0.25, 0.3) is 0 Å². The largest absolute Gasteiger partial charge is 0.487 e. The molecule has 0 aliphatic rings. The van der Waals surface area contributed by atoms with Crippen molar-refractivity contribution in [2.24, 2.45) is 5.73 Å². The third kappa shape index (κ3) is 3.44. The Bertz CT molecular complexity index is 485. The third-order valence-corrected chi connectivity index (χ3v) is 2.56. The minimum absolute atomic E-state index is 0.405. The summed E-state index contributed by atoms with van der Waals surface area (Å²) in [4.78, 5) is 4.16. The molecule has 0 bridgehead atoms. The van der Waals surface area contributed by atoms with Crippen molar-refractivity contribution < 1.29 is 4.74 Å². The van der Waals surface area contributed by atoms with Gasteiger partial charge in [-0.15, -0.1) is 0 Å². The topological polar surface area (TPSA) is 48.1 Å². The van der Waals surface area contributed by atoms with Crippen LogP contribution in [-0.2, 0) is 13.2 Å². The molecule has 0 radical (unpaired) electrons. The molecule has 0 fully saturated rings. The van der Waals surface area contributed by atoms with Crippen LogP contribution >= 0.6 is 11.6 Å². The monoisotopic (exact) mass is 248 g/mol. The fourth-order valence-corrected chi connectivity index (χ4v) is 1.59. The zero-order chi connectivity index (χ0) is 12.1. The highest BCUT2D eigenvalue weighted by atomic mass is 35.5. The van der Waals surface area contributed by atoms with Crippen molar-refractivity contribution in [2.75, 3.05) is 0 Å². The summed E-state index contributed by atoms with van der Waals surface area (Å²) < 4.78 is 5.58. The third-order valence-electron chi connectivity index (χ3n) is 2.32. The van der Waals surface area contributed by atoms with Gasteiger partial charge in [-0.2, -0.15) is 0 Å². The van der Waals surface area contributed by atoms with E-state index in [1.165, 1.54) is 0 Å². The quantitative estimate of drug-likeness (QED) is 0.905. The second kappa shape index (κ2) is 5.66. The fourth-order valence-electron chi connectivity index (χ4n) is 1.41. The molecule has 0 saturated carbocycles. The average molecular weight is 249 g/mol. The van der Waals surface area contributed by atoms with Crippen LogP contribution in [0.3, 0.4) is 0 Å². The average Bonchev–Trinajstić information content (AvgIpc) is 2.37. The number of ether oxygens (including phenoxy) is 1. The van der Waals surface area contributed by atoms with Gasteiger partial charge in [0.15, 0.2) is 0 Å². The number of nitrogens with zero attached hydrogens (tertiary/aromatic N) is 1. The molecule has 0 spiro atoms. The Morgan fingerprint density at radius 3 is 2.59 bits per heavy atom. The number of pyridine rings is 1. The molecule has 17 heavy (non-hydrogen) atoms. The summed E-state index contributed by atoms with van der Waals surface area (Å²) in [6.07, 6.45) is 1.67. The molecule has 4 heteroatoms. The van der Waals surface area contributed by atoms with Gasteiger partial charge in [-0.1, -0.05) is 23.7 Å². The highest BCUT2D eigenvalue weighted by Crippen LogP contribution is 2.14. The van der Waals surface area contributed by atoms with Gasteiger partial charge in [-0.05, 0) is 29.8 Å². The Labute approximate surface area is 105 Å².